The molecule has 7 heteroatoms. The predicted octanol–water partition coefficient (Wildman–Crippen LogP) is 3.86. The largest absolute Gasteiger partial charge is 0.395 e. The van der Waals surface area contributed by atoms with Gasteiger partial charge in [0.05, 0.1) is 18.4 Å². The Morgan fingerprint density at radius 2 is 2.00 bits per heavy atom. The Bertz CT molecular complexity index is 1040. The zero-order chi connectivity index (χ0) is 23.3. The molecule has 0 bridgehead atoms. The molecule has 0 aliphatic rings. The van der Waals surface area contributed by atoms with Crippen LogP contribution in [-0.2, 0) is 16.0 Å². The second kappa shape index (κ2) is 12.8. The fraction of sp³-hybridized carbons (Fsp3) is 0.280. The molecule has 168 valence electrons. The maximum absolute atomic E-state index is 11.2. The number of nitrogens with one attached hydrogen (secondary N) is 1. The number of aliphatic imine (C=N–C) groups is 1. The van der Waals surface area contributed by atoms with Crippen LogP contribution in [0, 0.1) is 0 Å². The highest BCUT2D eigenvalue weighted by Gasteiger charge is 2.10. The summed E-state index contributed by atoms with van der Waals surface area (Å²) in [6, 6.07) is 13.6. The van der Waals surface area contributed by atoms with Crippen LogP contribution in [0.15, 0.2) is 71.7 Å². The van der Waals surface area contributed by atoms with E-state index < -0.39 is 0 Å². The average molecular weight is 434 g/mol. The number of nitrogens with zero attached hydrogens (tertiary/aromatic N) is 3. The smallest absolute Gasteiger partial charge is 0.167 e. The van der Waals surface area contributed by atoms with Crippen LogP contribution in [-0.4, -0.2) is 46.4 Å². The van der Waals surface area contributed by atoms with E-state index in [0.717, 1.165) is 12.0 Å². The van der Waals surface area contributed by atoms with Gasteiger partial charge in [-0.1, -0.05) is 43.7 Å². The van der Waals surface area contributed by atoms with Crippen LogP contribution in [0.4, 0.5) is 0 Å². The third-order valence-corrected chi connectivity index (χ3v) is 4.60. The average Bonchev–Trinajstić information content (AvgIpc) is 3.21. The van der Waals surface area contributed by atoms with Gasteiger partial charge in [0, 0.05) is 41.6 Å². The van der Waals surface area contributed by atoms with E-state index in [1.165, 1.54) is 42.6 Å². The lowest BCUT2D eigenvalue weighted by Gasteiger charge is -2.19. The molecule has 3 N–H and O–H groups in total. The minimum atomic E-state index is 0.0264. The molecule has 7 nitrogen and oxygen atoms in total. The molecule has 2 aromatic heterocycles. The monoisotopic (exact) mass is 433 g/mol. The molecule has 0 amide bonds. The number of hydrogen-bond acceptors (Lipinski definition) is 5. The first kappa shape index (κ1) is 24.5. The van der Waals surface area contributed by atoms with Crippen molar-refractivity contribution in [2.75, 3.05) is 13.6 Å². The van der Waals surface area contributed by atoms with E-state index in [9.17, 15) is 9.59 Å². The zero-order valence-electron chi connectivity index (χ0n) is 18.9. The number of unbranched alkanes of at least 4 members (excludes halogenated alkanes) is 1. The lowest BCUT2D eigenvalue weighted by molar-refractivity contribution is -0.117. The lowest BCUT2D eigenvalue weighted by Crippen LogP contribution is -2.31. The van der Waals surface area contributed by atoms with Gasteiger partial charge in [-0.25, -0.2) is 4.99 Å². The normalized spacial score (nSPS) is 11.6. The summed E-state index contributed by atoms with van der Waals surface area (Å²) >= 11 is 0. The Morgan fingerprint density at radius 3 is 2.62 bits per heavy atom. The third-order valence-electron chi connectivity index (χ3n) is 4.60. The van der Waals surface area contributed by atoms with Gasteiger partial charge in [0.2, 0.25) is 0 Å². The number of H-pyrrole nitrogens is 1. The van der Waals surface area contributed by atoms with Crippen molar-refractivity contribution in [3.8, 4) is 0 Å². The summed E-state index contributed by atoms with van der Waals surface area (Å²) in [5, 5.41) is 1.22. The molecule has 0 radical (unpaired) electrons. The standard InChI is InChI=1S/C14H17N3O2.C11H14N2/c1-11(19)9-17(2)14(16-8-13(15)10-18)12-6-4-3-5-7-12;1-2-3-4-10-7-9-8-12-6-5-11(9)13-10/h3-8,10H,9,15H2,1-2H3;5-8,13H,2-4H2,1H3/b13-8+,16-14?;. The topological polar surface area (TPSA) is 104 Å². The first-order valence-corrected chi connectivity index (χ1v) is 10.6. The molecule has 0 saturated heterocycles. The van der Waals surface area contributed by atoms with Crippen molar-refractivity contribution < 1.29 is 9.59 Å². The number of allylic oxidation sites excluding steroid dienone is 1. The van der Waals surface area contributed by atoms with Gasteiger partial charge < -0.3 is 15.6 Å². The maximum atomic E-state index is 11.2. The number of nitrogens with two attached hydrogens (primary N) is 1. The molecule has 0 fully saturated rings. The Kier molecular flexibility index (Phi) is 9.84. The number of carbonyl (C=O) groups is 2. The molecule has 0 atom stereocenters. The summed E-state index contributed by atoms with van der Waals surface area (Å²) in [4.78, 5) is 35.0. The Morgan fingerprint density at radius 1 is 1.25 bits per heavy atom. The number of rotatable bonds is 8. The molecule has 0 aliphatic carbocycles. The number of aromatic nitrogens is 2. The van der Waals surface area contributed by atoms with Crippen LogP contribution in [0.3, 0.4) is 0 Å². The van der Waals surface area contributed by atoms with Gasteiger partial charge in [0.1, 0.15) is 11.6 Å². The van der Waals surface area contributed by atoms with Gasteiger partial charge in [-0.2, -0.15) is 0 Å². The van der Waals surface area contributed by atoms with Crippen molar-refractivity contribution >= 4 is 28.8 Å². The number of aromatic amines is 1. The third kappa shape index (κ3) is 7.83. The number of aryl methyl sites for hydroxylation is 1. The SMILES string of the molecule is CC(=O)CN(C)C(=N/C=C(/N)C=O)c1ccccc1.CCCCc1cc2cnccc2[nH]1. The number of Topliss-reactive ketones (excluding diaryl/α,β-unsaturated/α-hetero) is 1. The number of aldehydes is 1. The summed E-state index contributed by atoms with van der Waals surface area (Å²) in [5.41, 5.74) is 8.80. The fourth-order valence-corrected chi connectivity index (χ4v) is 3.09. The van der Waals surface area contributed by atoms with Gasteiger partial charge in [0.15, 0.2) is 6.29 Å². The van der Waals surface area contributed by atoms with Crippen LogP contribution in [0.2, 0.25) is 0 Å². The summed E-state index contributed by atoms with van der Waals surface area (Å²) in [6.07, 6.45) is 9.17. The molecule has 0 saturated carbocycles. The maximum Gasteiger partial charge on any atom is 0.167 e. The number of likely N-dealkylation sites (N-methyl/N-ethyl adjacent to an activating group) is 1. The predicted molar refractivity (Wildman–Crippen MR) is 129 cm³/mol. The molecular formula is C25H31N5O2. The minimum absolute atomic E-state index is 0.0264. The van der Waals surface area contributed by atoms with Crippen molar-refractivity contribution in [2.45, 2.75) is 33.1 Å². The van der Waals surface area contributed by atoms with E-state index in [0.29, 0.717) is 12.1 Å². The number of carbonyl (C=O) groups excluding carboxylic acids is 2. The number of benzene rings is 1. The number of amidine groups is 1. The van der Waals surface area contributed by atoms with Crippen LogP contribution in [0.25, 0.3) is 10.9 Å². The van der Waals surface area contributed by atoms with Crippen LogP contribution >= 0.6 is 0 Å². The zero-order valence-corrected chi connectivity index (χ0v) is 18.9. The number of ketones is 1. The molecule has 0 unspecified atom stereocenters. The summed E-state index contributed by atoms with van der Waals surface area (Å²) in [5.74, 6) is 0.610. The highest BCUT2D eigenvalue weighted by Crippen LogP contribution is 2.14. The second-order valence-electron chi connectivity index (χ2n) is 7.48. The number of fused-ring (bicyclic) bond motifs is 1. The van der Waals surface area contributed by atoms with Gasteiger partial charge in [0.25, 0.3) is 0 Å². The molecule has 2 heterocycles. The van der Waals surface area contributed by atoms with Gasteiger partial charge >= 0.3 is 0 Å². The highest BCUT2D eigenvalue weighted by atomic mass is 16.1. The summed E-state index contributed by atoms with van der Waals surface area (Å²) in [7, 11) is 1.76. The number of pyridine rings is 1. The molecule has 1 aromatic carbocycles. The van der Waals surface area contributed by atoms with Crippen LogP contribution in [0.1, 0.15) is 37.9 Å². The minimum Gasteiger partial charge on any atom is -0.395 e. The Hall–Kier alpha value is -3.74. The Balaban J connectivity index is 0.000000242. The Labute approximate surface area is 189 Å². The van der Waals surface area contributed by atoms with E-state index in [1.54, 1.807) is 11.9 Å². The first-order valence-electron chi connectivity index (χ1n) is 10.6. The van der Waals surface area contributed by atoms with E-state index in [2.05, 4.69) is 28.0 Å². The van der Waals surface area contributed by atoms with E-state index >= 15 is 0 Å². The lowest BCUT2D eigenvalue weighted by atomic mass is 10.2. The highest BCUT2D eigenvalue weighted by molar-refractivity contribution is 6.00. The van der Waals surface area contributed by atoms with Crippen LogP contribution in [0.5, 0.6) is 0 Å². The second-order valence-corrected chi connectivity index (χ2v) is 7.48. The molecule has 3 rings (SSSR count). The van der Waals surface area contributed by atoms with Gasteiger partial charge in [-0.15, -0.1) is 0 Å². The fourth-order valence-electron chi connectivity index (χ4n) is 3.09. The molecule has 0 aliphatic heterocycles. The van der Waals surface area contributed by atoms with Crippen molar-refractivity contribution in [2.24, 2.45) is 10.7 Å². The summed E-state index contributed by atoms with van der Waals surface area (Å²) < 4.78 is 0. The molecule has 3 aromatic rings. The van der Waals surface area contributed by atoms with E-state index in [-0.39, 0.29) is 18.0 Å². The van der Waals surface area contributed by atoms with Crippen molar-refractivity contribution in [3.05, 3.63) is 78.0 Å². The van der Waals surface area contributed by atoms with Crippen molar-refractivity contribution in [1.29, 1.82) is 0 Å². The quantitative estimate of drug-likeness (QED) is 0.243. The molecule has 32 heavy (non-hydrogen) atoms. The summed E-state index contributed by atoms with van der Waals surface area (Å²) in [6.45, 7) is 3.96. The van der Waals surface area contributed by atoms with E-state index in [1.807, 2.05) is 48.8 Å². The van der Waals surface area contributed by atoms with Crippen molar-refractivity contribution in [3.63, 3.8) is 0 Å². The molecular weight excluding hydrogens is 402 g/mol. The van der Waals surface area contributed by atoms with Crippen LogP contribution < -0.4 is 5.73 Å². The number of hydrogen-bond donors (Lipinski definition) is 2. The van der Waals surface area contributed by atoms with E-state index in [4.69, 9.17) is 5.73 Å². The van der Waals surface area contributed by atoms with Crippen molar-refractivity contribution in [1.82, 2.24) is 14.9 Å². The molecule has 0 spiro atoms. The van der Waals surface area contributed by atoms with Gasteiger partial charge in [-0.05, 0) is 31.9 Å². The first-order chi connectivity index (χ1) is 15.4. The van der Waals surface area contributed by atoms with Gasteiger partial charge in [-0.3, -0.25) is 14.6 Å².